The predicted octanol–water partition coefficient (Wildman–Crippen LogP) is 1.80. The molecular weight excluding hydrogens is 198 g/mol. The van der Waals surface area contributed by atoms with Crippen molar-refractivity contribution in [2.75, 3.05) is 6.61 Å². The molecule has 1 rings (SSSR count). The summed E-state index contributed by atoms with van der Waals surface area (Å²) in [4.78, 5) is 25.6. The van der Waals surface area contributed by atoms with Crippen LogP contribution in [0.2, 0.25) is 0 Å². The van der Waals surface area contributed by atoms with Crippen molar-refractivity contribution in [3.8, 4) is 0 Å². The molecule has 0 bridgehead atoms. The highest BCUT2D eigenvalue weighted by Crippen LogP contribution is 2.64. The van der Waals surface area contributed by atoms with Gasteiger partial charge in [-0.15, -0.1) is 0 Å². The SMILES string of the molecule is CCOC(=O)C1(C(=O)N=[N+]=[N-])CC1(C)C. The third-order valence-electron chi connectivity index (χ3n) is 2.86. The number of carbonyl (C=O) groups is 2. The smallest absolute Gasteiger partial charge is 0.320 e. The Balaban J connectivity index is 2.98. The molecule has 1 aliphatic rings. The van der Waals surface area contributed by atoms with Gasteiger partial charge in [-0.1, -0.05) is 13.8 Å². The maximum atomic E-state index is 11.6. The van der Waals surface area contributed by atoms with Crippen LogP contribution in [0.4, 0.5) is 0 Å². The third kappa shape index (κ3) is 1.57. The van der Waals surface area contributed by atoms with Gasteiger partial charge in [-0.2, -0.15) is 0 Å². The average Bonchev–Trinajstić information content (AvgIpc) is 2.72. The van der Waals surface area contributed by atoms with Crippen molar-refractivity contribution in [1.29, 1.82) is 0 Å². The lowest BCUT2D eigenvalue weighted by atomic mass is 9.95. The van der Waals surface area contributed by atoms with Gasteiger partial charge in [-0.25, -0.2) is 0 Å². The molecule has 0 aromatic heterocycles. The van der Waals surface area contributed by atoms with Gasteiger partial charge in [-0.05, 0) is 29.4 Å². The first-order valence-electron chi connectivity index (χ1n) is 4.69. The van der Waals surface area contributed by atoms with Crippen molar-refractivity contribution in [1.82, 2.24) is 0 Å². The van der Waals surface area contributed by atoms with Crippen LogP contribution in [0.3, 0.4) is 0 Å². The lowest BCUT2D eigenvalue weighted by molar-refractivity contribution is -0.155. The van der Waals surface area contributed by atoms with E-state index >= 15 is 0 Å². The summed E-state index contributed by atoms with van der Waals surface area (Å²) in [7, 11) is 0. The number of nitrogens with zero attached hydrogens (tertiary/aromatic N) is 3. The van der Waals surface area contributed by atoms with E-state index in [0.717, 1.165) is 0 Å². The van der Waals surface area contributed by atoms with E-state index in [9.17, 15) is 9.59 Å². The predicted molar refractivity (Wildman–Crippen MR) is 51.6 cm³/mol. The Labute approximate surface area is 87.2 Å². The first-order valence-corrected chi connectivity index (χ1v) is 4.69. The van der Waals surface area contributed by atoms with Gasteiger partial charge < -0.3 is 4.74 Å². The van der Waals surface area contributed by atoms with Gasteiger partial charge >= 0.3 is 5.97 Å². The van der Waals surface area contributed by atoms with Gasteiger partial charge in [0.15, 0.2) is 0 Å². The Morgan fingerprint density at radius 3 is 2.40 bits per heavy atom. The Bertz CT molecular complexity index is 358. The molecule has 1 unspecified atom stereocenters. The van der Waals surface area contributed by atoms with Crippen LogP contribution in [0, 0.1) is 10.8 Å². The summed E-state index contributed by atoms with van der Waals surface area (Å²) in [6.45, 7) is 5.42. The number of ether oxygens (including phenoxy) is 1. The number of esters is 1. The summed E-state index contributed by atoms with van der Waals surface area (Å²) in [5.74, 6) is -1.33. The van der Waals surface area contributed by atoms with E-state index in [0.29, 0.717) is 6.42 Å². The second-order valence-electron chi connectivity index (χ2n) is 4.18. The number of rotatable bonds is 3. The summed E-state index contributed by atoms with van der Waals surface area (Å²) in [5.41, 5.74) is 6.46. The monoisotopic (exact) mass is 211 g/mol. The number of azide groups is 1. The first kappa shape index (κ1) is 11.5. The van der Waals surface area contributed by atoms with Crippen LogP contribution in [-0.2, 0) is 14.3 Å². The Morgan fingerprint density at radius 2 is 2.07 bits per heavy atom. The van der Waals surface area contributed by atoms with Crippen molar-refractivity contribution in [2.45, 2.75) is 27.2 Å². The molecule has 6 heteroatoms. The highest BCUT2D eigenvalue weighted by atomic mass is 16.5. The fourth-order valence-electron chi connectivity index (χ4n) is 1.80. The second kappa shape index (κ2) is 3.55. The van der Waals surface area contributed by atoms with Gasteiger partial charge in [0.2, 0.25) is 5.91 Å². The maximum Gasteiger partial charge on any atom is 0.320 e. The molecule has 1 aliphatic carbocycles. The standard InChI is InChI=1S/C9H13N3O3/c1-4-15-7(14)9(5-8(9,2)3)6(13)11-12-10/h4-5H2,1-3H3. The van der Waals surface area contributed by atoms with E-state index in [1.165, 1.54) is 0 Å². The third-order valence-corrected chi connectivity index (χ3v) is 2.86. The largest absolute Gasteiger partial charge is 0.465 e. The summed E-state index contributed by atoms with van der Waals surface area (Å²) in [6.07, 6.45) is 0.372. The van der Waals surface area contributed by atoms with Crippen molar-refractivity contribution >= 4 is 11.9 Å². The molecule has 1 amide bonds. The molecule has 0 spiro atoms. The van der Waals surface area contributed by atoms with Gasteiger partial charge in [0.05, 0.1) is 6.61 Å². The zero-order valence-corrected chi connectivity index (χ0v) is 8.98. The summed E-state index contributed by atoms with van der Waals surface area (Å²) >= 11 is 0. The van der Waals surface area contributed by atoms with Crippen molar-refractivity contribution in [2.24, 2.45) is 15.9 Å². The zero-order valence-electron chi connectivity index (χ0n) is 8.98. The van der Waals surface area contributed by atoms with Crippen LogP contribution < -0.4 is 0 Å². The van der Waals surface area contributed by atoms with Crippen LogP contribution in [0.5, 0.6) is 0 Å². The van der Waals surface area contributed by atoms with Gasteiger partial charge in [0.25, 0.3) is 0 Å². The van der Waals surface area contributed by atoms with Gasteiger partial charge in [0, 0.05) is 4.91 Å². The van der Waals surface area contributed by atoms with Crippen LogP contribution in [0.1, 0.15) is 27.2 Å². The van der Waals surface area contributed by atoms with E-state index in [2.05, 4.69) is 10.0 Å². The fourth-order valence-corrected chi connectivity index (χ4v) is 1.80. The normalized spacial score (nSPS) is 26.3. The molecule has 0 N–H and O–H groups in total. The van der Waals surface area contributed by atoms with E-state index in [4.69, 9.17) is 10.3 Å². The van der Waals surface area contributed by atoms with Crippen molar-refractivity contribution in [3.05, 3.63) is 10.4 Å². The van der Waals surface area contributed by atoms with E-state index in [-0.39, 0.29) is 6.61 Å². The highest BCUT2D eigenvalue weighted by Gasteiger charge is 2.71. The Morgan fingerprint density at radius 1 is 1.53 bits per heavy atom. The molecule has 0 aromatic rings. The topological polar surface area (TPSA) is 92.1 Å². The minimum atomic E-state index is -1.25. The molecule has 1 atom stereocenters. The van der Waals surface area contributed by atoms with Crippen molar-refractivity contribution < 1.29 is 14.3 Å². The van der Waals surface area contributed by atoms with Crippen LogP contribution >= 0.6 is 0 Å². The van der Waals surface area contributed by atoms with Crippen LogP contribution in [0.15, 0.2) is 5.11 Å². The van der Waals surface area contributed by atoms with Crippen molar-refractivity contribution in [3.63, 3.8) is 0 Å². The van der Waals surface area contributed by atoms with Gasteiger partial charge in [0.1, 0.15) is 5.41 Å². The molecule has 1 fully saturated rings. The second-order valence-corrected chi connectivity index (χ2v) is 4.18. The summed E-state index contributed by atoms with van der Waals surface area (Å²) in [6, 6.07) is 0. The Hall–Kier alpha value is -1.55. The summed E-state index contributed by atoms with van der Waals surface area (Å²) in [5, 5.41) is 3.00. The zero-order chi connectivity index (χ0) is 11.7. The molecule has 15 heavy (non-hydrogen) atoms. The average molecular weight is 211 g/mol. The van der Waals surface area contributed by atoms with Crippen LogP contribution in [-0.4, -0.2) is 18.5 Å². The van der Waals surface area contributed by atoms with Gasteiger partial charge in [-0.3, -0.25) is 9.59 Å². The fraction of sp³-hybridized carbons (Fsp3) is 0.778. The lowest BCUT2D eigenvalue weighted by Crippen LogP contribution is -2.31. The molecule has 0 radical (unpaired) electrons. The molecule has 0 aromatic carbocycles. The minimum absolute atomic E-state index is 0.209. The molecular formula is C9H13N3O3. The van der Waals surface area contributed by atoms with Crippen LogP contribution in [0.25, 0.3) is 10.4 Å². The van der Waals surface area contributed by atoms with E-state index in [1.54, 1.807) is 20.8 Å². The lowest BCUT2D eigenvalue weighted by Gasteiger charge is -2.14. The number of amides is 1. The molecule has 0 aliphatic heterocycles. The summed E-state index contributed by atoms with van der Waals surface area (Å²) < 4.78 is 4.83. The maximum absolute atomic E-state index is 11.6. The first-order chi connectivity index (χ1) is 6.92. The molecule has 0 saturated heterocycles. The highest BCUT2D eigenvalue weighted by molar-refractivity contribution is 6.07. The minimum Gasteiger partial charge on any atom is -0.465 e. The number of hydrogen-bond donors (Lipinski definition) is 0. The number of carbonyl (C=O) groups excluding carboxylic acids is 2. The molecule has 6 nitrogen and oxygen atoms in total. The quantitative estimate of drug-likeness (QED) is 0.234. The van der Waals surface area contributed by atoms with E-state index in [1.807, 2.05) is 0 Å². The Kier molecular flexibility index (Phi) is 2.73. The van der Waals surface area contributed by atoms with E-state index < -0.39 is 22.7 Å². The number of hydrogen-bond acceptors (Lipinski definition) is 3. The molecule has 0 heterocycles. The molecule has 1 saturated carbocycles. The molecule has 82 valence electrons.